The molecule has 2 atom stereocenters. The van der Waals surface area contributed by atoms with Gasteiger partial charge in [-0.15, -0.1) is 10.2 Å². The van der Waals surface area contributed by atoms with Crippen molar-refractivity contribution in [1.29, 1.82) is 5.26 Å². The number of nitriles is 1. The number of hydrogen-bond donors (Lipinski definition) is 1. The van der Waals surface area contributed by atoms with Crippen LogP contribution in [0.1, 0.15) is 47.1 Å². The van der Waals surface area contributed by atoms with E-state index in [0.29, 0.717) is 42.2 Å². The Morgan fingerprint density at radius 3 is 2.64 bits per heavy atom. The van der Waals surface area contributed by atoms with E-state index in [9.17, 15) is 10.1 Å². The molecule has 0 radical (unpaired) electrons. The maximum atomic E-state index is 13.7. The molecule has 8 heteroatoms. The van der Waals surface area contributed by atoms with Crippen LogP contribution in [-0.4, -0.2) is 47.3 Å². The van der Waals surface area contributed by atoms with E-state index < -0.39 is 5.54 Å². The van der Waals surface area contributed by atoms with Gasteiger partial charge in [-0.2, -0.15) is 5.26 Å². The Morgan fingerprint density at radius 1 is 1.13 bits per heavy atom. The van der Waals surface area contributed by atoms with Gasteiger partial charge in [0.05, 0.1) is 29.8 Å². The summed E-state index contributed by atoms with van der Waals surface area (Å²) >= 11 is 0. The summed E-state index contributed by atoms with van der Waals surface area (Å²) in [6.07, 6.45) is 2.34. The quantitative estimate of drug-likeness (QED) is 0.349. The Hall–Kier alpha value is -4.32. The first-order valence-electron chi connectivity index (χ1n) is 13.0. The van der Waals surface area contributed by atoms with Crippen LogP contribution >= 0.6 is 0 Å². The smallest absolute Gasteiger partial charge is 0.254 e. The number of carbonyl (C=O) groups excluding carboxylic acids is 1. The van der Waals surface area contributed by atoms with E-state index in [1.54, 1.807) is 19.2 Å². The predicted molar refractivity (Wildman–Crippen MR) is 148 cm³/mol. The van der Waals surface area contributed by atoms with Crippen molar-refractivity contribution in [3.63, 3.8) is 0 Å². The molecule has 3 aromatic carbocycles. The van der Waals surface area contributed by atoms with Crippen molar-refractivity contribution in [2.24, 2.45) is 5.73 Å². The van der Waals surface area contributed by atoms with E-state index in [1.807, 2.05) is 72.5 Å². The fourth-order valence-electron chi connectivity index (χ4n) is 5.16. The van der Waals surface area contributed by atoms with Crippen LogP contribution in [-0.2, 0) is 16.7 Å². The summed E-state index contributed by atoms with van der Waals surface area (Å²) in [4.78, 5) is 15.6. The summed E-state index contributed by atoms with van der Waals surface area (Å²) in [7, 11) is 1.65. The molecule has 1 amide bonds. The lowest BCUT2D eigenvalue weighted by Gasteiger charge is -2.24. The molecule has 5 rings (SSSR count). The van der Waals surface area contributed by atoms with E-state index in [0.717, 1.165) is 29.5 Å². The Kier molecular flexibility index (Phi) is 7.55. The van der Waals surface area contributed by atoms with Gasteiger partial charge in [0.1, 0.15) is 0 Å². The number of benzene rings is 3. The predicted octanol–water partition coefficient (Wildman–Crippen LogP) is 4.94. The highest BCUT2D eigenvalue weighted by Gasteiger charge is 2.31. The number of nitrogens with two attached hydrogens (primary N) is 1. The minimum Gasteiger partial charge on any atom is -0.419 e. The molecule has 2 heterocycles. The molecule has 4 aromatic rings. The summed E-state index contributed by atoms with van der Waals surface area (Å²) in [5.41, 5.74) is 9.80. The second-order valence-corrected chi connectivity index (χ2v) is 10.2. The summed E-state index contributed by atoms with van der Waals surface area (Å²) in [6.45, 7) is 3.01. The molecular formula is C31H31N5O3. The molecule has 39 heavy (non-hydrogen) atoms. The number of rotatable bonds is 8. The standard InChI is InChI=1S/C31H31N5O3/c1-31(33,18-21-9-4-3-5-10-21)30-35-34-28(39-30)24-15-23(27-13-7-6-11-22(27)19-32)16-25(17-24)29(37)36-14-8-12-26(36)20-38-2/h3-7,9-11,13,15-17,26H,8,12,14,18,20,33H2,1-2H3/t26?,31-/m1/s1. The maximum absolute atomic E-state index is 13.7. The number of nitrogens with zero attached hydrogens (tertiary/aromatic N) is 4. The van der Waals surface area contributed by atoms with Gasteiger partial charge in [0, 0.05) is 24.8 Å². The normalized spacial score (nSPS) is 16.6. The number of ether oxygens (including phenoxy) is 1. The van der Waals surface area contributed by atoms with Gasteiger partial charge in [-0.05, 0) is 67.1 Å². The first-order valence-corrected chi connectivity index (χ1v) is 13.0. The Balaban J connectivity index is 1.55. The lowest BCUT2D eigenvalue weighted by Crippen LogP contribution is -2.38. The zero-order valence-corrected chi connectivity index (χ0v) is 22.1. The van der Waals surface area contributed by atoms with Gasteiger partial charge < -0.3 is 19.8 Å². The van der Waals surface area contributed by atoms with Crippen LogP contribution in [0.5, 0.6) is 0 Å². The van der Waals surface area contributed by atoms with E-state index in [4.69, 9.17) is 14.9 Å². The highest BCUT2D eigenvalue weighted by atomic mass is 16.5. The second-order valence-electron chi connectivity index (χ2n) is 10.2. The monoisotopic (exact) mass is 521 g/mol. The number of amides is 1. The third kappa shape index (κ3) is 5.60. The molecule has 0 aliphatic carbocycles. The molecule has 0 saturated carbocycles. The van der Waals surface area contributed by atoms with Gasteiger partial charge in [0.25, 0.3) is 5.91 Å². The highest BCUT2D eigenvalue weighted by molar-refractivity contribution is 5.97. The lowest BCUT2D eigenvalue weighted by atomic mass is 9.94. The van der Waals surface area contributed by atoms with Crippen molar-refractivity contribution < 1.29 is 13.9 Å². The van der Waals surface area contributed by atoms with Crippen molar-refractivity contribution in [3.05, 3.63) is 95.4 Å². The van der Waals surface area contributed by atoms with Crippen LogP contribution in [0.15, 0.2) is 77.2 Å². The van der Waals surface area contributed by atoms with Crippen molar-refractivity contribution in [1.82, 2.24) is 15.1 Å². The van der Waals surface area contributed by atoms with Crippen LogP contribution in [0.3, 0.4) is 0 Å². The molecule has 1 fully saturated rings. The molecule has 0 bridgehead atoms. The molecule has 2 N–H and O–H groups in total. The van der Waals surface area contributed by atoms with Crippen molar-refractivity contribution in [3.8, 4) is 28.7 Å². The number of likely N-dealkylation sites (tertiary alicyclic amines) is 1. The SMILES string of the molecule is COCC1CCCN1C(=O)c1cc(-c2nnc([C@](C)(N)Cc3ccccc3)o2)cc(-c2ccccc2C#N)c1. The summed E-state index contributed by atoms with van der Waals surface area (Å²) in [6, 6.07) is 24.9. The molecule has 1 aromatic heterocycles. The third-order valence-electron chi connectivity index (χ3n) is 7.11. The van der Waals surface area contributed by atoms with Crippen LogP contribution in [0, 0.1) is 11.3 Å². The van der Waals surface area contributed by atoms with Gasteiger partial charge in [-0.3, -0.25) is 4.79 Å². The van der Waals surface area contributed by atoms with Crippen molar-refractivity contribution in [2.75, 3.05) is 20.3 Å². The molecule has 198 valence electrons. The molecule has 1 saturated heterocycles. The van der Waals surface area contributed by atoms with E-state index in [-0.39, 0.29) is 17.8 Å². The number of hydrogen-bond acceptors (Lipinski definition) is 7. The van der Waals surface area contributed by atoms with Crippen LogP contribution in [0.25, 0.3) is 22.6 Å². The van der Waals surface area contributed by atoms with Crippen LogP contribution < -0.4 is 5.73 Å². The molecule has 0 spiro atoms. The van der Waals surface area contributed by atoms with E-state index >= 15 is 0 Å². The van der Waals surface area contributed by atoms with Crippen molar-refractivity contribution in [2.45, 2.75) is 37.8 Å². The molecular weight excluding hydrogens is 490 g/mol. The highest BCUT2D eigenvalue weighted by Crippen LogP contribution is 2.33. The number of methoxy groups -OCH3 is 1. The lowest BCUT2D eigenvalue weighted by molar-refractivity contribution is 0.0630. The average Bonchev–Trinajstić information content (AvgIpc) is 3.64. The van der Waals surface area contributed by atoms with Gasteiger partial charge in [-0.1, -0.05) is 48.5 Å². The van der Waals surface area contributed by atoms with Gasteiger partial charge in [0.15, 0.2) is 0 Å². The third-order valence-corrected chi connectivity index (χ3v) is 7.11. The Morgan fingerprint density at radius 2 is 1.87 bits per heavy atom. The van der Waals surface area contributed by atoms with E-state index in [1.165, 1.54) is 0 Å². The zero-order chi connectivity index (χ0) is 27.4. The second kappa shape index (κ2) is 11.2. The Bertz CT molecular complexity index is 1510. The molecule has 1 aliphatic heterocycles. The largest absolute Gasteiger partial charge is 0.419 e. The fraction of sp³-hybridized carbons (Fsp3) is 0.290. The van der Waals surface area contributed by atoms with Gasteiger partial charge in [-0.25, -0.2) is 0 Å². The molecule has 8 nitrogen and oxygen atoms in total. The number of aromatic nitrogens is 2. The number of carbonyl (C=O) groups is 1. The van der Waals surface area contributed by atoms with Gasteiger partial charge in [0.2, 0.25) is 11.8 Å². The maximum Gasteiger partial charge on any atom is 0.254 e. The molecule has 1 unspecified atom stereocenters. The summed E-state index contributed by atoms with van der Waals surface area (Å²) < 4.78 is 11.5. The molecule has 1 aliphatic rings. The van der Waals surface area contributed by atoms with Gasteiger partial charge >= 0.3 is 0 Å². The minimum absolute atomic E-state index is 0.0203. The van der Waals surface area contributed by atoms with Crippen LogP contribution in [0.4, 0.5) is 0 Å². The first-order chi connectivity index (χ1) is 18.9. The Labute approximate surface area is 228 Å². The van der Waals surface area contributed by atoms with E-state index in [2.05, 4.69) is 16.3 Å². The fourth-order valence-corrected chi connectivity index (χ4v) is 5.16. The minimum atomic E-state index is -0.890. The zero-order valence-electron chi connectivity index (χ0n) is 22.1. The average molecular weight is 522 g/mol. The summed E-state index contributed by atoms with van der Waals surface area (Å²) in [5, 5.41) is 18.3. The van der Waals surface area contributed by atoms with Crippen molar-refractivity contribution >= 4 is 5.91 Å². The first kappa shape index (κ1) is 26.3. The summed E-state index contributed by atoms with van der Waals surface area (Å²) in [5.74, 6) is 0.464. The van der Waals surface area contributed by atoms with Crippen LogP contribution in [0.2, 0.25) is 0 Å². The topological polar surface area (TPSA) is 118 Å².